The van der Waals surface area contributed by atoms with Crippen molar-refractivity contribution in [1.29, 1.82) is 0 Å². The van der Waals surface area contributed by atoms with Crippen LogP contribution in [0.25, 0.3) is 0 Å². The van der Waals surface area contributed by atoms with Gasteiger partial charge in [-0.2, -0.15) is 0 Å². The van der Waals surface area contributed by atoms with Crippen LogP contribution in [0, 0.1) is 15.5 Å². The number of carbonyl (C=O) groups is 1. The zero-order valence-electron chi connectivity index (χ0n) is 9.50. The van der Waals surface area contributed by atoms with Crippen LogP contribution in [-0.4, -0.2) is 34.0 Å². The molecule has 1 aliphatic carbocycles. The van der Waals surface area contributed by atoms with E-state index in [1.54, 1.807) is 0 Å². The number of hydrogen-bond donors (Lipinski definition) is 3. The summed E-state index contributed by atoms with van der Waals surface area (Å²) in [6.07, 6.45) is 0.468. The van der Waals surface area contributed by atoms with Crippen molar-refractivity contribution in [2.75, 3.05) is 0 Å². The molecule has 8 heteroatoms. The van der Waals surface area contributed by atoms with Gasteiger partial charge in [-0.15, -0.1) is 0 Å². The Bertz CT molecular complexity index is 366. The molecule has 1 rings (SSSR count). The van der Waals surface area contributed by atoms with Crippen molar-refractivity contribution in [2.45, 2.75) is 38.3 Å². The third-order valence-corrected chi connectivity index (χ3v) is 3.32. The molecule has 8 nitrogen and oxygen atoms in total. The van der Waals surface area contributed by atoms with E-state index in [1.165, 1.54) is 6.92 Å². The molecule has 1 saturated carbocycles. The standard InChI is InChI=1S/C9H16N4O4/c1-9(7(14)15)3-2-5(13(16)17)4-6(9)12-8(10)11/h5-6H,2-4H2,1H3,(H,14,15)(H4,10,11,12)/t5-,6+,9?/m1/s1. The Labute approximate surface area is 97.8 Å². The van der Waals surface area contributed by atoms with E-state index in [9.17, 15) is 20.0 Å². The van der Waals surface area contributed by atoms with Crippen LogP contribution in [0.1, 0.15) is 26.2 Å². The van der Waals surface area contributed by atoms with Crippen molar-refractivity contribution in [3.63, 3.8) is 0 Å². The average Bonchev–Trinajstić information content (AvgIpc) is 2.20. The number of carboxylic acid groups (broad SMARTS) is 1. The highest BCUT2D eigenvalue weighted by Gasteiger charge is 2.49. The van der Waals surface area contributed by atoms with Crippen molar-refractivity contribution >= 4 is 11.9 Å². The molecule has 0 heterocycles. The molecular formula is C9H16N4O4. The number of guanidine groups is 1. The predicted molar refractivity (Wildman–Crippen MR) is 60.0 cm³/mol. The number of aliphatic imine (C=N–C) groups is 1. The number of rotatable bonds is 3. The fourth-order valence-corrected chi connectivity index (χ4v) is 2.08. The Morgan fingerprint density at radius 2 is 2.18 bits per heavy atom. The maximum absolute atomic E-state index is 11.2. The summed E-state index contributed by atoms with van der Waals surface area (Å²) in [6, 6.07) is -1.54. The summed E-state index contributed by atoms with van der Waals surface area (Å²) >= 11 is 0. The van der Waals surface area contributed by atoms with Gasteiger partial charge in [0, 0.05) is 17.8 Å². The molecule has 96 valence electrons. The van der Waals surface area contributed by atoms with E-state index in [0.717, 1.165) is 0 Å². The first-order valence-corrected chi connectivity index (χ1v) is 5.23. The highest BCUT2D eigenvalue weighted by atomic mass is 16.6. The van der Waals surface area contributed by atoms with E-state index in [4.69, 9.17) is 11.5 Å². The minimum atomic E-state index is -1.14. The molecular weight excluding hydrogens is 228 g/mol. The molecule has 0 radical (unpaired) electrons. The van der Waals surface area contributed by atoms with Crippen LogP contribution in [-0.2, 0) is 4.79 Å². The zero-order chi connectivity index (χ0) is 13.2. The highest BCUT2D eigenvalue weighted by Crippen LogP contribution is 2.39. The second kappa shape index (κ2) is 4.56. The molecule has 0 spiro atoms. The molecule has 0 aromatic rings. The van der Waals surface area contributed by atoms with Crippen molar-refractivity contribution in [2.24, 2.45) is 21.9 Å². The van der Waals surface area contributed by atoms with Crippen LogP contribution in [0.4, 0.5) is 0 Å². The predicted octanol–water partition coefficient (Wildman–Crippen LogP) is -0.451. The number of hydrogen-bond acceptors (Lipinski definition) is 4. The summed E-state index contributed by atoms with van der Waals surface area (Å²) in [5.41, 5.74) is 9.32. The number of aliphatic carboxylic acids is 1. The van der Waals surface area contributed by atoms with Gasteiger partial charge in [0.1, 0.15) is 0 Å². The average molecular weight is 244 g/mol. The highest BCUT2D eigenvalue weighted by molar-refractivity contribution is 5.79. The first-order chi connectivity index (χ1) is 7.77. The Morgan fingerprint density at radius 1 is 1.59 bits per heavy atom. The monoisotopic (exact) mass is 244 g/mol. The second-order valence-corrected chi connectivity index (χ2v) is 4.51. The van der Waals surface area contributed by atoms with Gasteiger partial charge in [-0.05, 0) is 13.3 Å². The van der Waals surface area contributed by atoms with E-state index in [-0.39, 0.29) is 25.2 Å². The summed E-state index contributed by atoms with van der Waals surface area (Å²) in [6.45, 7) is 1.52. The molecule has 3 atom stereocenters. The Morgan fingerprint density at radius 3 is 2.59 bits per heavy atom. The molecule has 0 amide bonds. The summed E-state index contributed by atoms with van der Waals surface area (Å²) in [5.74, 6) is -1.28. The SMILES string of the molecule is CC1(C(=O)O)CC[C@@H]([N+](=O)[O-])C[C@@H]1N=C(N)N. The first kappa shape index (κ1) is 13.2. The summed E-state index contributed by atoms with van der Waals surface area (Å²) < 4.78 is 0. The normalized spacial score (nSPS) is 32.8. The fourth-order valence-electron chi connectivity index (χ4n) is 2.08. The lowest BCUT2D eigenvalue weighted by molar-refractivity contribution is -0.528. The van der Waals surface area contributed by atoms with Crippen LogP contribution in [0.3, 0.4) is 0 Å². The van der Waals surface area contributed by atoms with Crippen LogP contribution >= 0.6 is 0 Å². The van der Waals surface area contributed by atoms with E-state index in [1.807, 2.05) is 0 Å². The molecule has 17 heavy (non-hydrogen) atoms. The lowest BCUT2D eigenvalue weighted by Crippen LogP contribution is -2.48. The van der Waals surface area contributed by atoms with Crippen molar-refractivity contribution in [1.82, 2.24) is 0 Å². The molecule has 1 unspecified atom stereocenters. The molecule has 1 fully saturated rings. The molecule has 0 bridgehead atoms. The third kappa shape index (κ3) is 2.63. The summed E-state index contributed by atoms with van der Waals surface area (Å²) in [4.78, 5) is 25.4. The maximum atomic E-state index is 11.2. The summed E-state index contributed by atoms with van der Waals surface area (Å²) in [5, 5.41) is 19.9. The minimum absolute atomic E-state index is 0.0493. The van der Waals surface area contributed by atoms with Crippen LogP contribution < -0.4 is 11.5 Å². The van der Waals surface area contributed by atoms with Gasteiger partial charge in [0.25, 0.3) is 0 Å². The van der Waals surface area contributed by atoms with E-state index < -0.39 is 28.4 Å². The summed E-state index contributed by atoms with van der Waals surface area (Å²) in [7, 11) is 0. The fraction of sp³-hybridized carbons (Fsp3) is 0.778. The number of carboxylic acids is 1. The zero-order valence-corrected chi connectivity index (χ0v) is 9.50. The number of nitro groups is 1. The topological polar surface area (TPSA) is 145 Å². The minimum Gasteiger partial charge on any atom is -0.481 e. The molecule has 0 saturated heterocycles. The quantitative estimate of drug-likeness (QED) is 0.265. The Hall–Kier alpha value is -1.86. The lowest BCUT2D eigenvalue weighted by Gasteiger charge is -2.36. The van der Waals surface area contributed by atoms with Crippen LogP contribution in [0.15, 0.2) is 4.99 Å². The van der Waals surface area contributed by atoms with Gasteiger partial charge < -0.3 is 16.6 Å². The number of nitrogens with zero attached hydrogens (tertiary/aromatic N) is 2. The van der Waals surface area contributed by atoms with E-state index in [2.05, 4.69) is 4.99 Å². The van der Waals surface area contributed by atoms with Crippen LogP contribution in [0.5, 0.6) is 0 Å². The van der Waals surface area contributed by atoms with Gasteiger partial charge >= 0.3 is 5.97 Å². The van der Waals surface area contributed by atoms with Gasteiger partial charge in [-0.1, -0.05) is 0 Å². The molecule has 0 aliphatic heterocycles. The van der Waals surface area contributed by atoms with Gasteiger partial charge in [-0.3, -0.25) is 14.9 Å². The van der Waals surface area contributed by atoms with Crippen LogP contribution in [0.2, 0.25) is 0 Å². The van der Waals surface area contributed by atoms with E-state index >= 15 is 0 Å². The third-order valence-electron chi connectivity index (χ3n) is 3.32. The number of nitrogens with two attached hydrogens (primary N) is 2. The molecule has 0 aromatic heterocycles. The van der Waals surface area contributed by atoms with Crippen molar-refractivity contribution in [3.8, 4) is 0 Å². The second-order valence-electron chi connectivity index (χ2n) is 4.51. The Balaban J connectivity index is 2.99. The molecule has 0 aromatic carbocycles. The van der Waals surface area contributed by atoms with Crippen molar-refractivity contribution < 1.29 is 14.8 Å². The molecule has 1 aliphatic rings. The van der Waals surface area contributed by atoms with Gasteiger partial charge in [0.2, 0.25) is 6.04 Å². The maximum Gasteiger partial charge on any atom is 0.311 e. The molecule has 5 N–H and O–H groups in total. The van der Waals surface area contributed by atoms with Gasteiger partial charge in [0.15, 0.2) is 5.96 Å². The Kier molecular flexibility index (Phi) is 3.54. The van der Waals surface area contributed by atoms with Gasteiger partial charge in [0.05, 0.1) is 11.5 Å². The van der Waals surface area contributed by atoms with Gasteiger partial charge in [-0.25, -0.2) is 4.99 Å². The smallest absolute Gasteiger partial charge is 0.311 e. The first-order valence-electron chi connectivity index (χ1n) is 5.23. The lowest BCUT2D eigenvalue weighted by atomic mass is 9.70. The van der Waals surface area contributed by atoms with E-state index in [0.29, 0.717) is 0 Å². The van der Waals surface area contributed by atoms with Crippen molar-refractivity contribution in [3.05, 3.63) is 10.1 Å². The largest absolute Gasteiger partial charge is 0.481 e.